The standard InChI is InChI=1S/C14H27N3/c1-3-4-11-16-14(15-2)17-12-10-13-8-6-5-7-9-13/h8H,3-7,9-12H2,1-2H3,(H2,15,16,17). The Labute approximate surface area is 106 Å². The minimum atomic E-state index is 0.940. The van der Waals surface area contributed by atoms with E-state index in [2.05, 4.69) is 28.6 Å². The quantitative estimate of drug-likeness (QED) is 0.322. The van der Waals surface area contributed by atoms with Crippen molar-refractivity contribution >= 4 is 5.96 Å². The predicted molar refractivity (Wildman–Crippen MR) is 75.4 cm³/mol. The number of allylic oxidation sites excluding steroid dienone is 1. The van der Waals surface area contributed by atoms with E-state index in [1.807, 2.05) is 7.05 Å². The third kappa shape index (κ3) is 6.35. The zero-order chi connectivity index (χ0) is 12.3. The first-order valence-electron chi connectivity index (χ1n) is 6.99. The van der Waals surface area contributed by atoms with Crippen LogP contribution in [0.5, 0.6) is 0 Å². The van der Waals surface area contributed by atoms with Crippen molar-refractivity contribution in [1.82, 2.24) is 10.6 Å². The summed E-state index contributed by atoms with van der Waals surface area (Å²) >= 11 is 0. The van der Waals surface area contributed by atoms with Crippen LogP contribution in [0.4, 0.5) is 0 Å². The Balaban J connectivity index is 2.12. The molecule has 1 aliphatic carbocycles. The summed E-state index contributed by atoms with van der Waals surface area (Å²) in [7, 11) is 1.83. The molecular formula is C14H27N3. The molecule has 3 heteroatoms. The molecule has 2 N–H and O–H groups in total. The summed E-state index contributed by atoms with van der Waals surface area (Å²) in [6.07, 6.45) is 11.3. The van der Waals surface area contributed by atoms with Crippen LogP contribution in [-0.4, -0.2) is 26.1 Å². The van der Waals surface area contributed by atoms with Crippen molar-refractivity contribution in [3.8, 4) is 0 Å². The van der Waals surface area contributed by atoms with Gasteiger partial charge in [-0.05, 0) is 38.5 Å². The second-order valence-corrected chi connectivity index (χ2v) is 4.64. The van der Waals surface area contributed by atoms with Crippen LogP contribution in [-0.2, 0) is 0 Å². The van der Waals surface area contributed by atoms with E-state index in [-0.39, 0.29) is 0 Å². The van der Waals surface area contributed by atoms with Crippen LogP contribution < -0.4 is 10.6 Å². The van der Waals surface area contributed by atoms with E-state index < -0.39 is 0 Å². The molecule has 0 unspecified atom stereocenters. The minimum Gasteiger partial charge on any atom is -0.356 e. The summed E-state index contributed by atoms with van der Waals surface area (Å²) in [5, 5.41) is 6.70. The van der Waals surface area contributed by atoms with Gasteiger partial charge in [0.15, 0.2) is 5.96 Å². The summed E-state index contributed by atoms with van der Waals surface area (Å²) in [5.74, 6) is 0.940. The minimum absolute atomic E-state index is 0.940. The number of hydrogen-bond donors (Lipinski definition) is 2. The molecule has 3 nitrogen and oxygen atoms in total. The molecule has 0 amide bonds. The Morgan fingerprint density at radius 2 is 2.12 bits per heavy atom. The van der Waals surface area contributed by atoms with Crippen LogP contribution in [0, 0.1) is 0 Å². The highest BCUT2D eigenvalue weighted by Crippen LogP contribution is 2.19. The van der Waals surface area contributed by atoms with Gasteiger partial charge in [-0.3, -0.25) is 4.99 Å². The molecule has 0 aromatic carbocycles. The molecule has 1 aliphatic rings. The normalized spacial score (nSPS) is 16.6. The number of nitrogens with one attached hydrogen (secondary N) is 2. The van der Waals surface area contributed by atoms with Gasteiger partial charge in [-0.1, -0.05) is 25.0 Å². The monoisotopic (exact) mass is 237 g/mol. The Morgan fingerprint density at radius 1 is 1.29 bits per heavy atom. The van der Waals surface area contributed by atoms with E-state index in [0.717, 1.165) is 25.5 Å². The Kier molecular flexibility index (Phi) is 7.52. The summed E-state index contributed by atoms with van der Waals surface area (Å²) in [6, 6.07) is 0. The molecule has 0 aromatic rings. The van der Waals surface area contributed by atoms with Gasteiger partial charge in [0.25, 0.3) is 0 Å². The van der Waals surface area contributed by atoms with Gasteiger partial charge in [-0.15, -0.1) is 0 Å². The van der Waals surface area contributed by atoms with E-state index in [0.29, 0.717) is 0 Å². The predicted octanol–water partition coefficient (Wildman–Crippen LogP) is 2.84. The zero-order valence-electron chi connectivity index (χ0n) is 11.4. The first-order valence-corrected chi connectivity index (χ1v) is 6.99. The molecule has 0 aliphatic heterocycles. The molecule has 0 aromatic heterocycles. The fourth-order valence-corrected chi connectivity index (χ4v) is 2.08. The number of aliphatic imine (C=N–C) groups is 1. The van der Waals surface area contributed by atoms with Crippen molar-refractivity contribution in [2.24, 2.45) is 4.99 Å². The molecule has 98 valence electrons. The van der Waals surface area contributed by atoms with Crippen LogP contribution in [0.1, 0.15) is 51.9 Å². The molecule has 0 bridgehead atoms. The second-order valence-electron chi connectivity index (χ2n) is 4.64. The molecule has 0 spiro atoms. The van der Waals surface area contributed by atoms with Gasteiger partial charge in [0, 0.05) is 20.1 Å². The number of hydrogen-bond acceptors (Lipinski definition) is 1. The van der Waals surface area contributed by atoms with E-state index in [1.165, 1.54) is 38.5 Å². The molecule has 1 rings (SSSR count). The van der Waals surface area contributed by atoms with Crippen molar-refractivity contribution in [2.75, 3.05) is 20.1 Å². The van der Waals surface area contributed by atoms with E-state index >= 15 is 0 Å². The van der Waals surface area contributed by atoms with Crippen LogP contribution in [0.25, 0.3) is 0 Å². The average Bonchev–Trinajstić information content (AvgIpc) is 2.38. The summed E-state index contributed by atoms with van der Waals surface area (Å²) in [4.78, 5) is 4.22. The number of unbranched alkanes of at least 4 members (excludes halogenated alkanes) is 1. The summed E-state index contributed by atoms with van der Waals surface area (Å²) < 4.78 is 0. The lowest BCUT2D eigenvalue weighted by Gasteiger charge is -2.15. The maximum Gasteiger partial charge on any atom is 0.190 e. The van der Waals surface area contributed by atoms with E-state index in [4.69, 9.17) is 0 Å². The number of guanidine groups is 1. The van der Waals surface area contributed by atoms with Crippen molar-refractivity contribution in [2.45, 2.75) is 51.9 Å². The topological polar surface area (TPSA) is 36.4 Å². The maximum absolute atomic E-state index is 4.22. The van der Waals surface area contributed by atoms with Crippen molar-refractivity contribution in [3.05, 3.63) is 11.6 Å². The van der Waals surface area contributed by atoms with Crippen molar-refractivity contribution < 1.29 is 0 Å². The van der Waals surface area contributed by atoms with Gasteiger partial charge in [0.2, 0.25) is 0 Å². The van der Waals surface area contributed by atoms with E-state index in [9.17, 15) is 0 Å². The Hall–Kier alpha value is -0.990. The van der Waals surface area contributed by atoms with Gasteiger partial charge in [0.1, 0.15) is 0 Å². The largest absolute Gasteiger partial charge is 0.356 e. The maximum atomic E-state index is 4.22. The fraction of sp³-hybridized carbons (Fsp3) is 0.786. The Morgan fingerprint density at radius 3 is 2.76 bits per heavy atom. The van der Waals surface area contributed by atoms with Crippen molar-refractivity contribution in [3.63, 3.8) is 0 Å². The first kappa shape index (κ1) is 14.1. The molecule has 0 heterocycles. The molecule has 0 saturated heterocycles. The van der Waals surface area contributed by atoms with Crippen LogP contribution >= 0.6 is 0 Å². The Bertz CT molecular complexity index is 256. The van der Waals surface area contributed by atoms with Gasteiger partial charge < -0.3 is 10.6 Å². The molecule has 17 heavy (non-hydrogen) atoms. The highest BCUT2D eigenvalue weighted by atomic mass is 15.2. The first-order chi connectivity index (χ1) is 8.36. The van der Waals surface area contributed by atoms with E-state index in [1.54, 1.807) is 5.57 Å². The average molecular weight is 237 g/mol. The lowest BCUT2D eigenvalue weighted by atomic mass is 9.97. The van der Waals surface area contributed by atoms with Crippen LogP contribution in [0.2, 0.25) is 0 Å². The number of nitrogens with zero attached hydrogens (tertiary/aromatic N) is 1. The molecular weight excluding hydrogens is 210 g/mol. The lowest BCUT2D eigenvalue weighted by Crippen LogP contribution is -2.38. The third-order valence-electron chi connectivity index (χ3n) is 3.17. The lowest BCUT2D eigenvalue weighted by molar-refractivity contribution is 0.663. The zero-order valence-corrected chi connectivity index (χ0v) is 11.4. The van der Waals surface area contributed by atoms with Gasteiger partial charge in [0.05, 0.1) is 0 Å². The SMILES string of the molecule is CCCCNC(=NC)NCCC1=CCCCC1. The number of rotatable bonds is 6. The smallest absolute Gasteiger partial charge is 0.190 e. The molecule has 0 atom stereocenters. The van der Waals surface area contributed by atoms with Gasteiger partial charge in [-0.2, -0.15) is 0 Å². The highest BCUT2D eigenvalue weighted by Gasteiger charge is 2.03. The van der Waals surface area contributed by atoms with Crippen molar-refractivity contribution in [1.29, 1.82) is 0 Å². The third-order valence-corrected chi connectivity index (χ3v) is 3.17. The van der Waals surface area contributed by atoms with Gasteiger partial charge in [-0.25, -0.2) is 0 Å². The van der Waals surface area contributed by atoms with Crippen LogP contribution in [0.3, 0.4) is 0 Å². The molecule has 0 radical (unpaired) electrons. The summed E-state index contributed by atoms with van der Waals surface area (Å²) in [6.45, 7) is 4.21. The van der Waals surface area contributed by atoms with Gasteiger partial charge >= 0.3 is 0 Å². The highest BCUT2D eigenvalue weighted by molar-refractivity contribution is 5.79. The molecule has 0 fully saturated rings. The summed E-state index contributed by atoms with van der Waals surface area (Å²) in [5.41, 5.74) is 1.62. The molecule has 0 saturated carbocycles. The second kappa shape index (κ2) is 9.08. The fourth-order valence-electron chi connectivity index (χ4n) is 2.08. The van der Waals surface area contributed by atoms with Crippen LogP contribution in [0.15, 0.2) is 16.6 Å².